The lowest BCUT2D eigenvalue weighted by molar-refractivity contribution is -0.119. The van der Waals surface area contributed by atoms with E-state index in [-0.39, 0.29) is 10.9 Å². The Kier molecular flexibility index (Phi) is 4.55. The molecule has 0 unspecified atom stereocenters. The van der Waals surface area contributed by atoms with E-state index in [1.165, 1.54) is 23.2 Å². The van der Waals surface area contributed by atoms with Gasteiger partial charge in [-0.3, -0.25) is 4.79 Å². The summed E-state index contributed by atoms with van der Waals surface area (Å²) in [6.07, 6.45) is 4.57. The second kappa shape index (κ2) is 6.16. The first kappa shape index (κ1) is 13.3. The molecule has 0 aromatic heterocycles. The average molecular weight is 271 g/mol. The summed E-state index contributed by atoms with van der Waals surface area (Å²) < 4.78 is 13.0. The van der Waals surface area contributed by atoms with E-state index in [0.29, 0.717) is 12.1 Å². The zero-order valence-electron chi connectivity index (χ0n) is 10.1. The van der Waals surface area contributed by atoms with Gasteiger partial charge in [-0.1, -0.05) is 24.4 Å². The molecule has 1 amide bonds. The monoisotopic (exact) mass is 270 g/mol. The van der Waals surface area contributed by atoms with Crippen LogP contribution in [-0.4, -0.2) is 12.5 Å². The molecule has 0 radical (unpaired) electrons. The van der Waals surface area contributed by atoms with Gasteiger partial charge < -0.3 is 0 Å². The minimum atomic E-state index is -0.402. The lowest BCUT2D eigenvalue weighted by Crippen LogP contribution is -2.43. The molecule has 18 heavy (non-hydrogen) atoms. The molecule has 1 heterocycles. The molecular formula is C13H16ClFN2O. The standard InChI is InChI=1S/C13H16ClFN2O/c14-11-9-10(15)6-7-12(11)17-13(18)5-3-1-2-4-8-16-17/h6-7,9,16H,1-5,8H2. The van der Waals surface area contributed by atoms with Gasteiger partial charge in [0, 0.05) is 13.0 Å². The SMILES string of the molecule is O=C1CCCCCCNN1c1ccc(F)cc1Cl. The van der Waals surface area contributed by atoms with Crippen LogP contribution < -0.4 is 10.4 Å². The lowest BCUT2D eigenvalue weighted by Gasteiger charge is -2.24. The largest absolute Gasteiger partial charge is 0.273 e. The summed E-state index contributed by atoms with van der Waals surface area (Å²) in [4.78, 5) is 12.1. The molecule has 1 fully saturated rings. The van der Waals surface area contributed by atoms with Crippen molar-refractivity contribution in [2.45, 2.75) is 32.1 Å². The number of hydrazine groups is 1. The van der Waals surface area contributed by atoms with Crippen LogP contribution in [0.1, 0.15) is 32.1 Å². The van der Waals surface area contributed by atoms with Crippen LogP contribution in [0, 0.1) is 5.82 Å². The minimum absolute atomic E-state index is 0.0228. The predicted octanol–water partition coefficient (Wildman–Crippen LogP) is 3.28. The van der Waals surface area contributed by atoms with Gasteiger partial charge in [0.1, 0.15) is 5.82 Å². The number of hydrogen-bond donors (Lipinski definition) is 1. The van der Waals surface area contributed by atoms with Gasteiger partial charge in [0.15, 0.2) is 0 Å². The highest BCUT2D eigenvalue weighted by Gasteiger charge is 2.19. The molecule has 0 bridgehead atoms. The van der Waals surface area contributed by atoms with Crippen molar-refractivity contribution in [1.29, 1.82) is 0 Å². The third kappa shape index (κ3) is 3.21. The third-order valence-electron chi connectivity index (χ3n) is 2.99. The second-order valence-electron chi connectivity index (χ2n) is 4.40. The fourth-order valence-corrected chi connectivity index (χ4v) is 2.28. The summed E-state index contributed by atoms with van der Waals surface area (Å²) in [6.45, 7) is 0.722. The molecule has 0 atom stereocenters. The predicted molar refractivity (Wildman–Crippen MR) is 70.0 cm³/mol. The molecule has 5 heteroatoms. The van der Waals surface area contributed by atoms with Gasteiger partial charge in [-0.05, 0) is 31.0 Å². The summed E-state index contributed by atoms with van der Waals surface area (Å²) in [7, 11) is 0. The highest BCUT2D eigenvalue weighted by atomic mass is 35.5. The van der Waals surface area contributed by atoms with Gasteiger partial charge in [-0.25, -0.2) is 14.8 Å². The molecule has 1 saturated heterocycles. The number of halogens is 2. The Bertz CT molecular complexity index is 439. The van der Waals surface area contributed by atoms with Gasteiger partial charge in [0.25, 0.3) is 0 Å². The molecule has 1 N–H and O–H groups in total. The Labute approximate surface area is 111 Å². The topological polar surface area (TPSA) is 32.3 Å². The van der Waals surface area contributed by atoms with Crippen LogP contribution >= 0.6 is 11.6 Å². The summed E-state index contributed by atoms with van der Waals surface area (Å²) in [6, 6.07) is 4.06. The van der Waals surface area contributed by atoms with Crippen molar-refractivity contribution in [2.75, 3.05) is 11.6 Å². The van der Waals surface area contributed by atoms with Crippen LogP contribution in [0.25, 0.3) is 0 Å². The Morgan fingerprint density at radius 3 is 2.78 bits per heavy atom. The summed E-state index contributed by atoms with van der Waals surface area (Å²) in [5, 5.41) is 1.70. The number of amides is 1. The van der Waals surface area contributed by atoms with Crippen molar-refractivity contribution in [3.8, 4) is 0 Å². The van der Waals surface area contributed by atoms with E-state index >= 15 is 0 Å². The molecule has 0 saturated carbocycles. The molecule has 3 nitrogen and oxygen atoms in total. The fraction of sp³-hybridized carbons (Fsp3) is 0.462. The quantitative estimate of drug-likeness (QED) is 0.849. The van der Waals surface area contributed by atoms with Crippen molar-refractivity contribution in [3.05, 3.63) is 29.0 Å². The number of nitrogens with one attached hydrogen (secondary N) is 1. The zero-order valence-corrected chi connectivity index (χ0v) is 10.8. The number of benzene rings is 1. The Balaban J connectivity index is 2.23. The Hall–Kier alpha value is -1.13. The zero-order chi connectivity index (χ0) is 13.0. The summed E-state index contributed by atoms with van der Waals surface area (Å²) >= 11 is 5.99. The normalized spacial score (nSPS) is 18.1. The first-order valence-electron chi connectivity index (χ1n) is 6.20. The van der Waals surface area contributed by atoms with Crippen LogP contribution in [0.2, 0.25) is 5.02 Å². The first-order chi connectivity index (χ1) is 8.68. The van der Waals surface area contributed by atoms with Crippen LogP contribution in [0.15, 0.2) is 18.2 Å². The third-order valence-corrected chi connectivity index (χ3v) is 3.29. The van der Waals surface area contributed by atoms with Gasteiger partial charge in [0.2, 0.25) is 5.91 Å². The van der Waals surface area contributed by atoms with E-state index in [2.05, 4.69) is 5.43 Å². The molecule has 98 valence electrons. The number of anilines is 1. The molecule has 0 aliphatic carbocycles. The van der Waals surface area contributed by atoms with Crippen LogP contribution in [0.4, 0.5) is 10.1 Å². The molecular weight excluding hydrogens is 255 g/mol. The van der Waals surface area contributed by atoms with E-state index in [4.69, 9.17) is 11.6 Å². The molecule has 1 aromatic carbocycles. The van der Waals surface area contributed by atoms with Gasteiger partial charge in [-0.15, -0.1) is 0 Å². The highest BCUT2D eigenvalue weighted by Crippen LogP contribution is 2.26. The van der Waals surface area contributed by atoms with Crippen molar-refractivity contribution in [3.63, 3.8) is 0 Å². The fourth-order valence-electron chi connectivity index (χ4n) is 2.03. The number of carbonyl (C=O) groups excluding carboxylic acids is 1. The molecule has 0 spiro atoms. The van der Waals surface area contributed by atoms with Gasteiger partial charge in [0.05, 0.1) is 10.7 Å². The molecule has 1 aliphatic rings. The van der Waals surface area contributed by atoms with E-state index < -0.39 is 5.82 Å². The van der Waals surface area contributed by atoms with E-state index in [9.17, 15) is 9.18 Å². The van der Waals surface area contributed by atoms with Crippen LogP contribution in [0.5, 0.6) is 0 Å². The summed E-state index contributed by atoms with van der Waals surface area (Å²) in [5.41, 5.74) is 3.58. The number of rotatable bonds is 1. The Morgan fingerprint density at radius 2 is 2.00 bits per heavy atom. The maximum atomic E-state index is 13.0. The van der Waals surface area contributed by atoms with E-state index in [1.54, 1.807) is 0 Å². The van der Waals surface area contributed by atoms with Crippen LogP contribution in [0.3, 0.4) is 0 Å². The highest BCUT2D eigenvalue weighted by molar-refractivity contribution is 6.33. The maximum Gasteiger partial charge on any atom is 0.241 e. The van der Waals surface area contributed by atoms with Crippen molar-refractivity contribution < 1.29 is 9.18 Å². The maximum absolute atomic E-state index is 13.0. The van der Waals surface area contributed by atoms with Gasteiger partial charge >= 0.3 is 0 Å². The van der Waals surface area contributed by atoms with Crippen molar-refractivity contribution in [1.82, 2.24) is 5.43 Å². The second-order valence-corrected chi connectivity index (χ2v) is 4.80. The number of nitrogens with zero attached hydrogens (tertiary/aromatic N) is 1. The van der Waals surface area contributed by atoms with Crippen LogP contribution in [-0.2, 0) is 4.79 Å². The van der Waals surface area contributed by atoms with E-state index in [1.807, 2.05) is 0 Å². The Morgan fingerprint density at radius 1 is 1.22 bits per heavy atom. The smallest absolute Gasteiger partial charge is 0.241 e. The molecule has 2 rings (SSSR count). The average Bonchev–Trinajstić information content (AvgIpc) is 2.42. The van der Waals surface area contributed by atoms with Crippen molar-refractivity contribution in [2.24, 2.45) is 0 Å². The molecule has 1 aromatic rings. The van der Waals surface area contributed by atoms with Gasteiger partial charge in [-0.2, -0.15) is 0 Å². The van der Waals surface area contributed by atoms with E-state index in [0.717, 1.165) is 32.2 Å². The minimum Gasteiger partial charge on any atom is -0.273 e. The number of carbonyl (C=O) groups is 1. The van der Waals surface area contributed by atoms with Crippen molar-refractivity contribution >= 4 is 23.2 Å². The molecule has 1 aliphatic heterocycles. The first-order valence-corrected chi connectivity index (χ1v) is 6.58. The summed E-state index contributed by atoms with van der Waals surface area (Å²) in [5.74, 6) is -0.425. The number of hydrogen-bond acceptors (Lipinski definition) is 2. The lowest BCUT2D eigenvalue weighted by atomic mass is 10.1.